The van der Waals surface area contributed by atoms with Crippen LogP contribution in [-0.4, -0.2) is 18.7 Å². The summed E-state index contributed by atoms with van der Waals surface area (Å²) in [5, 5.41) is 0. The van der Waals surface area contributed by atoms with E-state index in [4.69, 9.17) is 4.74 Å². The average molecular weight is 240 g/mol. The Balaban J connectivity index is 2.19. The molecule has 3 rings (SSSR count). The lowest BCUT2D eigenvalue weighted by molar-refractivity contribution is -0.114. The summed E-state index contributed by atoms with van der Waals surface area (Å²) in [6, 6.07) is 5.63. The van der Waals surface area contributed by atoms with E-state index >= 15 is 0 Å². The van der Waals surface area contributed by atoms with Crippen LogP contribution < -0.4 is 4.74 Å². The number of benzene rings is 1. The third kappa shape index (κ3) is 1.51. The summed E-state index contributed by atoms with van der Waals surface area (Å²) in [6.45, 7) is 0. The van der Waals surface area contributed by atoms with Crippen molar-refractivity contribution in [2.45, 2.75) is 12.8 Å². The van der Waals surface area contributed by atoms with Gasteiger partial charge in [-0.1, -0.05) is 6.07 Å². The molecule has 0 bridgehead atoms. The van der Waals surface area contributed by atoms with Gasteiger partial charge in [0.25, 0.3) is 0 Å². The Hall–Kier alpha value is -2.16. The highest BCUT2D eigenvalue weighted by Crippen LogP contribution is 2.36. The molecule has 0 saturated carbocycles. The Labute approximate surface area is 105 Å². The number of ether oxygens (including phenoxy) is 1. The van der Waals surface area contributed by atoms with Gasteiger partial charge in [-0.15, -0.1) is 0 Å². The smallest absolute Gasteiger partial charge is 0.187 e. The van der Waals surface area contributed by atoms with Crippen LogP contribution in [0.1, 0.15) is 17.5 Å². The van der Waals surface area contributed by atoms with Crippen molar-refractivity contribution in [3.63, 3.8) is 0 Å². The monoisotopic (exact) mass is 240 g/mol. The fourth-order valence-corrected chi connectivity index (χ4v) is 2.56. The van der Waals surface area contributed by atoms with Crippen LogP contribution in [0.3, 0.4) is 0 Å². The van der Waals surface area contributed by atoms with E-state index in [1.807, 2.05) is 18.2 Å². The Morgan fingerprint density at radius 2 is 1.83 bits per heavy atom. The molecule has 0 fully saturated rings. The van der Waals surface area contributed by atoms with Crippen molar-refractivity contribution in [2.75, 3.05) is 7.11 Å². The van der Waals surface area contributed by atoms with Crippen molar-refractivity contribution in [3.05, 3.63) is 47.1 Å². The van der Waals surface area contributed by atoms with E-state index in [1.165, 1.54) is 12.2 Å². The standard InChI is InChI=1S/C15H12O3/c1-18-10-3-5-11-9(8-10)2-4-12-13(16)6-7-14(17)15(11)12/h3,5-8H,2,4H2,1H3. The van der Waals surface area contributed by atoms with Gasteiger partial charge in [0.05, 0.1) is 7.11 Å². The molecule has 0 heterocycles. The van der Waals surface area contributed by atoms with E-state index in [2.05, 4.69) is 0 Å². The van der Waals surface area contributed by atoms with Crippen LogP contribution in [0.5, 0.6) is 5.75 Å². The maximum Gasteiger partial charge on any atom is 0.187 e. The van der Waals surface area contributed by atoms with Gasteiger partial charge >= 0.3 is 0 Å². The topological polar surface area (TPSA) is 43.4 Å². The Bertz CT molecular complexity index is 621. The number of hydrogen-bond donors (Lipinski definition) is 0. The number of allylic oxidation sites excluding steroid dienone is 4. The molecule has 0 spiro atoms. The zero-order valence-corrected chi connectivity index (χ0v) is 10.0. The predicted molar refractivity (Wildman–Crippen MR) is 67.4 cm³/mol. The molecule has 2 aliphatic carbocycles. The summed E-state index contributed by atoms with van der Waals surface area (Å²) in [5.41, 5.74) is 3.18. The first-order chi connectivity index (χ1) is 8.70. The molecule has 0 aliphatic heterocycles. The van der Waals surface area contributed by atoms with Crippen LogP contribution in [0.2, 0.25) is 0 Å². The quantitative estimate of drug-likeness (QED) is 0.706. The van der Waals surface area contributed by atoms with Gasteiger partial charge in [0.15, 0.2) is 11.6 Å². The first-order valence-corrected chi connectivity index (χ1v) is 5.88. The van der Waals surface area contributed by atoms with Crippen LogP contribution in [0.15, 0.2) is 35.9 Å². The molecule has 3 nitrogen and oxygen atoms in total. The summed E-state index contributed by atoms with van der Waals surface area (Å²) in [5.74, 6) is 0.671. The van der Waals surface area contributed by atoms with Gasteiger partial charge in [0.1, 0.15) is 5.75 Å². The van der Waals surface area contributed by atoms with E-state index in [0.717, 1.165) is 23.3 Å². The first-order valence-electron chi connectivity index (χ1n) is 5.88. The predicted octanol–water partition coefficient (Wildman–Crippen LogP) is 2.10. The number of aryl methyl sites for hydroxylation is 1. The molecule has 0 radical (unpaired) electrons. The fraction of sp³-hybridized carbons (Fsp3) is 0.200. The lowest BCUT2D eigenvalue weighted by atomic mass is 9.79. The van der Waals surface area contributed by atoms with E-state index in [-0.39, 0.29) is 11.6 Å². The molecular weight excluding hydrogens is 228 g/mol. The minimum atomic E-state index is -0.0734. The highest BCUT2D eigenvalue weighted by atomic mass is 16.5. The molecule has 18 heavy (non-hydrogen) atoms. The van der Waals surface area contributed by atoms with Crippen LogP contribution in [-0.2, 0) is 16.0 Å². The normalized spacial score (nSPS) is 17.6. The van der Waals surface area contributed by atoms with Gasteiger partial charge in [0.2, 0.25) is 0 Å². The summed E-state index contributed by atoms with van der Waals surface area (Å²) in [6.07, 6.45) is 4.14. The third-order valence-electron chi connectivity index (χ3n) is 3.46. The van der Waals surface area contributed by atoms with Crippen molar-refractivity contribution < 1.29 is 14.3 Å². The van der Waals surface area contributed by atoms with Crippen LogP contribution >= 0.6 is 0 Å². The van der Waals surface area contributed by atoms with E-state index in [9.17, 15) is 9.59 Å². The molecule has 0 aromatic heterocycles. The highest BCUT2D eigenvalue weighted by Gasteiger charge is 2.28. The number of fused-ring (bicyclic) bond motifs is 2. The average Bonchev–Trinajstić information content (AvgIpc) is 2.41. The molecule has 1 aromatic carbocycles. The number of hydrogen-bond acceptors (Lipinski definition) is 3. The number of carbonyl (C=O) groups is 2. The van der Waals surface area contributed by atoms with Crippen molar-refractivity contribution in [1.82, 2.24) is 0 Å². The summed E-state index contributed by atoms with van der Waals surface area (Å²) in [7, 11) is 1.62. The molecule has 0 unspecified atom stereocenters. The van der Waals surface area contributed by atoms with Gasteiger partial charge in [-0.2, -0.15) is 0 Å². The molecule has 0 atom stereocenters. The highest BCUT2D eigenvalue weighted by molar-refractivity contribution is 6.36. The second-order valence-corrected chi connectivity index (χ2v) is 4.44. The minimum Gasteiger partial charge on any atom is -0.497 e. The van der Waals surface area contributed by atoms with E-state index in [0.29, 0.717) is 17.6 Å². The molecule has 0 amide bonds. The largest absolute Gasteiger partial charge is 0.497 e. The third-order valence-corrected chi connectivity index (χ3v) is 3.46. The molecule has 1 aromatic rings. The minimum absolute atomic E-state index is 0.0360. The van der Waals surface area contributed by atoms with Crippen molar-refractivity contribution >= 4 is 17.1 Å². The fourth-order valence-electron chi connectivity index (χ4n) is 2.56. The van der Waals surface area contributed by atoms with E-state index < -0.39 is 0 Å². The van der Waals surface area contributed by atoms with Crippen molar-refractivity contribution in [3.8, 4) is 5.75 Å². The van der Waals surface area contributed by atoms with Gasteiger partial charge in [0, 0.05) is 11.1 Å². The van der Waals surface area contributed by atoms with Gasteiger partial charge in [-0.3, -0.25) is 9.59 Å². The number of methoxy groups -OCH3 is 1. The zero-order valence-electron chi connectivity index (χ0n) is 10.0. The molecule has 0 saturated heterocycles. The number of rotatable bonds is 1. The van der Waals surface area contributed by atoms with Gasteiger partial charge < -0.3 is 4.74 Å². The van der Waals surface area contributed by atoms with Crippen LogP contribution in [0, 0.1) is 0 Å². The lowest BCUT2D eigenvalue weighted by Crippen LogP contribution is -2.19. The van der Waals surface area contributed by atoms with Gasteiger partial charge in [-0.05, 0) is 48.3 Å². The second kappa shape index (κ2) is 3.95. The molecule has 2 aliphatic rings. The Morgan fingerprint density at radius 3 is 2.61 bits per heavy atom. The Morgan fingerprint density at radius 1 is 1.06 bits per heavy atom. The maximum atomic E-state index is 12.0. The maximum absolute atomic E-state index is 12.0. The van der Waals surface area contributed by atoms with Crippen LogP contribution in [0.4, 0.5) is 0 Å². The second-order valence-electron chi connectivity index (χ2n) is 4.44. The zero-order chi connectivity index (χ0) is 12.7. The van der Waals surface area contributed by atoms with Gasteiger partial charge in [-0.25, -0.2) is 0 Å². The molecular formula is C15H12O3. The summed E-state index contributed by atoms with van der Waals surface area (Å²) < 4.78 is 5.18. The lowest BCUT2D eigenvalue weighted by Gasteiger charge is -2.23. The summed E-state index contributed by atoms with van der Waals surface area (Å²) in [4.78, 5) is 23.7. The van der Waals surface area contributed by atoms with Crippen molar-refractivity contribution in [2.24, 2.45) is 0 Å². The summed E-state index contributed by atoms with van der Waals surface area (Å²) >= 11 is 0. The Kier molecular flexibility index (Phi) is 2.40. The SMILES string of the molecule is COc1ccc2c(c1)CCC1=C2C(=O)C=CC1=O. The molecule has 90 valence electrons. The molecule has 3 heteroatoms. The number of carbonyl (C=O) groups excluding carboxylic acids is 2. The van der Waals surface area contributed by atoms with E-state index in [1.54, 1.807) is 7.11 Å². The first kappa shape index (κ1) is 11.0. The number of ketones is 2. The van der Waals surface area contributed by atoms with Crippen molar-refractivity contribution in [1.29, 1.82) is 0 Å². The molecule has 0 N–H and O–H groups in total. The van der Waals surface area contributed by atoms with Crippen LogP contribution in [0.25, 0.3) is 5.57 Å².